The van der Waals surface area contributed by atoms with E-state index in [0.717, 1.165) is 11.0 Å². The van der Waals surface area contributed by atoms with E-state index in [0.29, 0.717) is 5.69 Å². The molecule has 11 heteroatoms. The standard InChI is InChI=1S/C30H30ClF3N4O3/c1-20(8-3-2-5-14-31)27(28(40)36-23-17-30(33,34)18-23)38(24-11-7-9-21(32)16-24)29(41)25-12-13-26(39)37(25)19-22-10-4-6-15-35-22/h2-11,15-16,23,25,27H,1,12-14,17-19H2,(H,36,40)/b5-2-,8-3-/t25-,27-/m0/s1. The monoisotopic (exact) mass is 586 g/mol. The third kappa shape index (κ3) is 7.43. The molecule has 0 spiro atoms. The number of anilines is 1. The summed E-state index contributed by atoms with van der Waals surface area (Å²) in [5.41, 5.74) is 0.763. The number of alkyl halides is 3. The molecule has 0 radical (unpaired) electrons. The molecule has 1 aromatic carbocycles. The number of amides is 3. The van der Waals surface area contributed by atoms with Crippen molar-refractivity contribution in [2.45, 2.75) is 56.3 Å². The van der Waals surface area contributed by atoms with Crippen molar-refractivity contribution in [3.8, 4) is 0 Å². The molecular weight excluding hydrogens is 557 g/mol. The Labute approximate surface area is 241 Å². The van der Waals surface area contributed by atoms with Gasteiger partial charge in [-0.25, -0.2) is 13.2 Å². The summed E-state index contributed by atoms with van der Waals surface area (Å²) in [6.45, 7) is 4.05. The van der Waals surface area contributed by atoms with Gasteiger partial charge in [0.2, 0.25) is 11.8 Å². The lowest BCUT2D eigenvalue weighted by atomic mass is 9.87. The number of hydrogen-bond donors (Lipinski definition) is 1. The van der Waals surface area contributed by atoms with Crippen LogP contribution in [0, 0.1) is 5.82 Å². The summed E-state index contributed by atoms with van der Waals surface area (Å²) in [6, 6.07) is 7.15. The predicted molar refractivity (Wildman–Crippen MR) is 150 cm³/mol. The smallest absolute Gasteiger partial charge is 0.252 e. The van der Waals surface area contributed by atoms with Crippen LogP contribution in [-0.4, -0.2) is 57.5 Å². The first-order valence-corrected chi connectivity index (χ1v) is 13.7. The molecule has 2 atom stereocenters. The second-order valence-corrected chi connectivity index (χ2v) is 10.3. The highest BCUT2D eigenvalue weighted by Gasteiger charge is 2.48. The minimum Gasteiger partial charge on any atom is -0.351 e. The Morgan fingerprint density at radius 3 is 2.66 bits per heavy atom. The summed E-state index contributed by atoms with van der Waals surface area (Å²) < 4.78 is 41.6. The Morgan fingerprint density at radius 2 is 2.00 bits per heavy atom. The number of carbonyl (C=O) groups is 3. The number of carbonyl (C=O) groups excluding carboxylic acids is 3. The van der Waals surface area contributed by atoms with E-state index in [-0.39, 0.29) is 42.4 Å². The summed E-state index contributed by atoms with van der Waals surface area (Å²) in [5.74, 6) is -4.95. The maximum atomic E-state index is 14.5. The quantitative estimate of drug-likeness (QED) is 0.299. The molecule has 0 bridgehead atoms. The molecule has 3 amide bonds. The molecule has 4 rings (SSSR count). The van der Waals surface area contributed by atoms with Crippen LogP contribution in [0.3, 0.4) is 0 Å². The summed E-state index contributed by atoms with van der Waals surface area (Å²) in [5, 5.41) is 2.59. The molecule has 1 aliphatic heterocycles. The van der Waals surface area contributed by atoms with Gasteiger partial charge in [0.1, 0.15) is 17.9 Å². The molecule has 1 aromatic heterocycles. The number of pyridine rings is 1. The molecule has 1 aliphatic carbocycles. The Kier molecular flexibility index (Phi) is 9.65. The van der Waals surface area contributed by atoms with Crippen LogP contribution in [-0.2, 0) is 20.9 Å². The maximum Gasteiger partial charge on any atom is 0.252 e. The fourth-order valence-electron chi connectivity index (χ4n) is 4.94. The van der Waals surface area contributed by atoms with E-state index in [1.807, 2.05) is 0 Å². The van der Waals surface area contributed by atoms with Crippen molar-refractivity contribution < 1.29 is 27.6 Å². The molecular formula is C30H30ClF3N4O3. The van der Waals surface area contributed by atoms with Crippen LogP contribution in [0.5, 0.6) is 0 Å². The highest BCUT2D eigenvalue weighted by atomic mass is 35.5. The fourth-order valence-corrected chi connectivity index (χ4v) is 5.04. The third-order valence-corrected chi connectivity index (χ3v) is 7.11. The van der Waals surface area contributed by atoms with Gasteiger partial charge in [-0.3, -0.25) is 24.3 Å². The Morgan fingerprint density at radius 1 is 1.22 bits per heavy atom. The first kappa shape index (κ1) is 30.0. The molecule has 1 N–H and O–H groups in total. The van der Waals surface area contributed by atoms with Gasteiger partial charge in [-0.05, 0) is 42.3 Å². The second-order valence-electron chi connectivity index (χ2n) is 9.97. The van der Waals surface area contributed by atoms with E-state index in [2.05, 4.69) is 16.9 Å². The van der Waals surface area contributed by atoms with E-state index >= 15 is 0 Å². The molecule has 1 saturated carbocycles. The average Bonchev–Trinajstić information content (AvgIpc) is 3.28. The molecule has 2 aromatic rings. The van der Waals surface area contributed by atoms with Crippen molar-refractivity contribution in [2.24, 2.45) is 0 Å². The number of benzene rings is 1. The number of nitrogens with zero attached hydrogens (tertiary/aromatic N) is 3. The van der Waals surface area contributed by atoms with Gasteiger partial charge >= 0.3 is 0 Å². The second kappa shape index (κ2) is 13.2. The van der Waals surface area contributed by atoms with Crippen LogP contribution >= 0.6 is 11.6 Å². The van der Waals surface area contributed by atoms with Gasteiger partial charge in [-0.15, -0.1) is 11.6 Å². The molecule has 216 valence electrons. The van der Waals surface area contributed by atoms with Crippen LogP contribution in [0.25, 0.3) is 0 Å². The summed E-state index contributed by atoms with van der Waals surface area (Å²) in [6.07, 6.45) is 7.11. The molecule has 41 heavy (non-hydrogen) atoms. The predicted octanol–water partition coefficient (Wildman–Crippen LogP) is 4.93. The third-order valence-electron chi connectivity index (χ3n) is 6.94. The summed E-state index contributed by atoms with van der Waals surface area (Å²) in [7, 11) is 0. The fraction of sp³-hybridized carbons (Fsp3) is 0.333. The molecule has 2 heterocycles. The maximum absolute atomic E-state index is 14.5. The molecule has 2 fully saturated rings. The number of allylic oxidation sites excluding steroid dienone is 3. The number of halogens is 4. The Hall–Kier alpha value is -3.92. The molecule has 1 saturated heterocycles. The molecule has 2 aliphatic rings. The lowest BCUT2D eigenvalue weighted by Crippen LogP contribution is -2.59. The van der Waals surface area contributed by atoms with Crippen molar-refractivity contribution in [2.75, 3.05) is 10.8 Å². The zero-order valence-corrected chi connectivity index (χ0v) is 22.9. The van der Waals surface area contributed by atoms with E-state index in [1.165, 1.54) is 29.2 Å². The minimum atomic E-state index is -2.88. The first-order valence-electron chi connectivity index (χ1n) is 13.1. The van der Waals surface area contributed by atoms with Crippen LogP contribution in [0.15, 0.2) is 85.1 Å². The highest BCUT2D eigenvalue weighted by Crippen LogP contribution is 2.38. The molecule has 7 nitrogen and oxygen atoms in total. The van der Waals surface area contributed by atoms with E-state index < -0.39 is 54.5 Å². The number of rotatable bonds is 11. The van der Waals surface area contributed by atoms with Crippen molar-refractivity contribution in [1.82, 2.24) is 15.2 Å². The van der Waals surface area contributed by atoms with Gasteiger partial charge in [0.25, 0.3) is 11.8 Å². The van der Waals surface area contributed by atoms with Crippen LogP contribution in [0.2, 0.25) is 0 Å². The normalized spacial score (nSPS) is 19.4. The van der Waals surface area contributed by atoms with Crippen LogP contribution < -0.4 is 10.2 Å². The van der Waals surface area contributed by atoms with Gasteiger partial charge < -0.3 is 10.2 Å². The van der Waals surface area contributed by atoms with Gasteiger partial charge in [-0.2, -0.15) is 0 Å². The van der Waals surface area contributed by atoms with E-state index in [9.17, 15) is 27.6 Å². The van der Waals surface area contributed by atoms with Gasteiger partial charge in [0.15, 0.2) is 0 Å². The molecule has 0 unspecified atom stereocenters. The zero-order chi connectivity index (χ0) is 29.6. The lowest BCUT2D eigenvalue weighted by molar-refractivity contribution is -0.136. The van der Waals surface area contributed by atoms with Crippen molar-refractivity contribution >= 4 is 35.0 Å². The number of aromatic nitrogens is 1. The average molecular weight is 587 g/mol. The lowest BCUT2D eigenvalue weighted by Gasteiger charge is -2.39. The van der Waals surface area contributed by atoms with Crippen molar-refractivity contribution in [3.63, 3.8) is 0 Å². The number of nitrogens with one attached hydrogen (secondary N) is 1. The Bertz CT molecular complexity index is 1340. The summed E-state index contributed by atoms with van der Waals surface area (Å²) in [4.78, 5) is 47.6. The van der Waals surface area contributed by atoms with Crippen molar-refractivity contribution in [3.05, 3.63) is 96.6 Å². The first-order chi connectivity index (χ1) is 19.6. The largest absolute Gasteiger partial charge is 0.351 e. The minimum absolute atomic E-state index is 0.0528. The zero-order valence-electron chi connectivity index (χ0n) is 22.2. The van der Waals surface area contributed by atoms with Gasteiger partial charge in [0.05, 0.1) is 12.2 Å². The van der Waals surface area contributed by atoms with E-state index in [4.69, 9.17) is 11.6 Å². The van der Waals surface area contributed by atoms with Crippen molar-refractivity contribution in [1.29, 1.82) is 0 Å². The van der Waals surface area contributed by atoms with Crippen LogP contribution in [0.1, 0.15) is 31.4 Å². The highest BCUT2D eigenvalue weighted by molar-refractivity contribution is 6.18. The topological polar surface area (TPSA) is 82.6 Å². The SMILES string of the molecule is C=C(/C=C\C=C/CCl)[C@@H](C(=O)NC1CC(F)(F)C1)N(C(=O)[C@@H]1CCC(=O)N1Cc1ccccn1)c1cccc(F)c1. The number of likely N-dealkylation sites (tertiary alicyclic amines) is 1. The van der Waals surface area contributed by atoms with Crippen LogP contribution in [0.4, 0.5) is 18.9 Å². The van der Waals surface area contributed by atoms with E-state index in [1.54, 1.807) is 42.6 Å². The Balaban J connectivity index is 1.72. The van der Waals surface area contributed by atoms with Gasteiger partial charge in [0, 0.05) is 43.1 Å². The number of hydrogen-bond acceptors (Lipinski definition) is 4. The summed E-state index contributed by atoms with van der Waals surface area (Å²) >= 11 is 5.68. The van der Waals surface area contributed by atoms with Gasteiger partial charge in [-0.1, -0.05) is 43.0 Å².